The minimum absolute atomic E-state index is 0.00214. The van der Waals surface area contributed by atoms with Gasteiger partial charge in [0.05, 0.1) is 5.56 Å². The number of nitrogens with one attached hydrogen (secondary N) is 1. The molecule has 0 bridgehead atoms. The topological polar surface area (TPSA) is 29.1 Å². The Labute approximate surface area is 118 Å². The van der Waals surface area contributed by atoms with E-state index < -0.39 is 5.82 Å². The molecule has 2 aromatic carbocycles. The number of hydrogen-bond donors (Lipinski definition) is 1. The van der Waals surface area contributed by atoms with E-state index in [1.165, 1.54) is 17.7 Å². The Morgan fingerprint density at radius 3 is 2.45 bits per heavy atom. The fourth-order valence-electron chi connectivity index (χ4n) is 2.05. The van der Waals surface area contributed by atoms with Crippen LogP contribution in [0.1, 0.15) is 29.3 Å². The lowest BCUT2D eigenvalue weighted by molar-refractivity contribution is 0.0934. The quantitative estimate of drug-likeness (QED) is 0.885. The normalized spacial score (nSPS) is 11.9. The molecular weight excluding hydrogens is 253 g/mol. The molecule has 0 aromatic heterocycles. The standard InChI is InChI=1S/C17H18FNO/c1-13(11-12-14-7-3-2-4-8-14)19-17(20)15-9-5-6-10-16(15)18/h2-10,13H,11-12H2,1H3,(H,19,20). The number of hydrogen-bond acceptors (Lipinski definition) is 1. The molecule has 0 saturated carbocycles. The van der Waals surface area contributed by atoms with Crippen LogP contribution in [0.3, 0.4) is 0 Å². The van der Waals surface area contributed by atoms with E-state index in [-0.39, 0.29) is 17.5 Å². The predicted molar refractivity (Wildman–Crippen MR) is 78.1 cm³/mol. The minimum atomic E-state index is -0.486. The van der Waals surface area contributed by atoms with Crippen molar-refractivity contribution in [3.05, 3.63) is 71.5 Å². The molecule has 0 spiro atoms. The van der Waals surface area contributed by atoms with Crippen molar-refractivity contribution in [3.8, 4) is 0 Å². The Morgan fingerprint density at radius 2 is 1.75 bits per heavy atom. The first-order valence-electron chi connectivity index (χ1n) is 6.76. The van der Waals surface area contributed by atoms with Crippen LogP contribution in [0.5, 0.6) is 0 Å². The summed E-state index contributed by atoms with van der Waals surface area (Å²) in [5, 5.41) is 2.83. The third-order valence-corrected chi connectivity index (χ3v) is 3.20. The van der Waals surface area contributed by atoms with E-state index >= 15 is 0 Å². The van der Waals surface area contributed by atoms with Gasteiger partial charge in [0.15, 0.2) is 0 Å². The lowest BCUT2D eigenvalue weighted by Gasteiger charge is -2.14. The van der Waals surface area contributed by atoms with Crippen LogP contribution in [0.2, 0.25) is 0 Å². The SMILES string of the molecule is CC(CCc1ccccc1)NC(=O)c1ccccc1F. The Kier molecular flexibility index (Phi) is 4.88. The van der Waals surface area contributed by atoms with E-state index in [0.717, 1.165) is 12.8 Å². The fraction of sp³-hybridized carbons (Fsp3) is 0.235. The van der Waals surface area contributed by atoms with E-state index in [1.807, 2.05) is 25.1 Å². The second-order valence-corrected chi connectivity index (χ2v) is 4.88. The van der Waals surface area contributed by atoms with Gasteiger partial charge in [0, 0.05) is 6.04 Å². The summed E-state index contributed by atoms with van der Waals surface area (Å²) in [6.45, 7) is 1.93. The molecule has 2 rings (SSSR count). The first kappa shape index (κ1) is 14.3. The third-order valence-electron chi connectivity index (χ3n) is 3.20. The van der Waals surface area contributed by atoms with E-state index in [0.29, 0.717) is 0 Å². The summed E-state index contributed by atoms with van der Waals surface area (Å²) in [5.74, 6) is -0.844. The largest absolute Gasteiger partial charge is 0.349 e. The van der Waals surface area contributed by atoms with Crippen molar-refractivity contribution in [1.29, 1.82) is 0 Å². The molecule has 0 aliphatic carbocycles. The van der Waals surface area contributed by atoms with Crippen molar-refractivity contribution in [3.63, 3.8) is 0 Å². The van der Waals surface area contributed by atoms with Gasteiger partial charge in [0.1, 0.15) is 5.82 Å². The second kappa shape index (κ2) is 6.85. The van der Waals surface area contributed by atoms with Gasteiger partial charge in [-0.25, -0.2) is 4.39 Å². The molecule has 0 aliphatic heterocycles. The van der Waals surface area contributed by atoms with E-state index in [1.54, 1.807) is 12.1 Å². The molecule has 1 atom stereocenters. The third kappa shape index (κ3) is 3.92. The van der Waals surface area contributed by atoms with Crippen molar-refractivity contribution in [2.75, 3.05) is 0 Å². The van der Waals surface area contributed by atoms with Crippen molar-refractivity contribution in [1.82, 2.24) is 5.32 Å². The molecule has 1 N–H and O–H groups in total. The van der Waals surface area contributed by atoms with Gasteiger partial charge in [-0.3, -0.25) is 4.79 Å². The summed E-state index contributed by atoms with van der Waals surface area (Å²) in [5.41, 5.74) is 1.33. The van der Waals surface area contributed by atoms with Gasteiger partial charge >= 0.3 is 0 Å². The zero-order chi connectivity index (χ0) is 14.4. The molecule has 0 aliphatic rings. The van der Waals surface area contributed by atoms with Gasteiger partial charge in [-0.1, -0.05) is 42.5 Å². The van der Waals surface area contributed by atoms with Crippen LogP contribution in [-0.2, 0) is 6.42 Å². The van der Waals surface area contributed by atoms with Crippen LogP contribution >= 0.6 is 0 Å². The highest BCUT2D eigenvalue weighted by Gasteiger charge is 2.13. The van der Waals surface area contributed by atoms with Gasteiger partial charge in [-0.15, -0.1) is 0 Å². The highest BCUT2D eigenvalue weighted by Crippen LogP contribution is 2.08. The summed E-state index contributed by atoms with van der Waals surface area (Å²) in [6.07, 6.45) is 1.71. The molecule has 0 radical (unpaired) electrons. The Morgan fingerprint density at radius 1 is 1.10 bits per heavy atom. The summed E-state index contributed by atoms with van der Waals surface area (Å²) >= 11 is 0. The van der Waals surface area contributed by atoms with Crippen LogP contribution in [0, 0.1) is 5.82 Å². The number of rotatable bonds is 5. The molecule has 0 fully saturated rings. The first-order chi connectivity index (χ1) is 9.66. The van der Waals surface area contributed by atoms with Crippen molar-refractivity contribution >= 4 is 5.91 Å². The molecule has 0 saturated heterocycles. The highest BCUT2D eigenvalue weighted by atomic mass is 19.1. The molecular formula is C17H18FNO. The average Bonchev–Trinajstić information content (AvgIpc) is 2.46. The lowest BCUT2D eigenvalue weighted by Crippen LogP contribution is -2.33. The van der Waals surface area contributed by atoms with Crippen LogP contribution in [0.4, 0.5) is 4.39 Å². The molecule has 1 amide bonds. The zero-order valence-corrected chi connectivity index (χ0v) is 11.5. The van der Waals surface area contributed by atoms with Crippen LogP contribution in [0.15, 0.2) is 54.6 Å². The first-order valence-corrected chi connectivity index (χ1v) is 6.76. The van der Waals surface area contributed by atoms with Crippen molar-refractivity contribution in [2.45, 2.75) is 25.8 Å². The molecule has 2 nitrogen and oxygen atoms in total. The van der Waals surface area contributed by atoms with Gasteiger partial charge < -0.3 is 5.32 Å². The van der Waals surface area contributed by atoms with Crippen LogP contribution in [-0.4, -0.2) is 11.9 Å². The predicted octanol–water partition coefficient (Wildman–Crippen LogP) is 3.58. The molecule has 1 unspecified atom stereocenters. The van der Waals surface area contributed by atoms with Crippen LogP contribution in [0.25, 0.3) is 0 Å². The van der Waals surface area contributed by atoms with E-state index in [9.17, 15) is 9.18 Å². The Hall–Kier alpha value is -2.16. The van der Waals surface area contributed by atoms with Gasteiger partial charge in [-0.05, 0) is 37.5 Å². The summed E-state index contributed by atoms with van der Waals surface area (Å²) in [4.78, 5) is 11.9. The molecule has 104 valence electrons. The van der Waals surface area contributed by atoms with Gasteiger partial charge in [0.2, 0.25) is 0 Å². The smallest absolute Gasteiger partial charge is 0.254 e. The lowest BCUT2D eigenvalue weighted by atomic mass is 10.1. The summed E-state index contributed by atoms with van der Waals surface area (Å²) < 4.78 is 13.5. The van der Waals surface area contributed by atoms with Gasteiger partial charge in [-0.2, -0.15) is 0 Å². The number of carbonyl (C=O) groups is 1. The molecule has 3 heteroatoms. The summed E-state index contributed by atoms with van der Waals surface area (Å²) in [7, 11) is 0. The number of benzene rings is 2. The average molecular weight is 271 g/mol. The Balaban J connectivity index is 1.87. The number of amides is 1. The van der Waals surface area contributed by atoms with Crippen LogP contribution < -0.4 is 5.32 Å². The maximum atomic E-state index is 13.5. The van der Waals surface area contributed by atoms with E-state index in [4.69, 9.17) is 0 Å². The fourth-order valence-corrected chi connectivity index (χ4v) is 2.05. The van der Waals surface area contributed by atoms with Crippen molar-refractivity contribution in [2.24, 2.45) is 0 Å². The monoisotopic (exact) mass is 271 g/mol. The maximum Gasteiger partial charge on any atom is 0.254 e. The minimum Gasteiger partial charge on any atom is -0.349 e. The zero-order valence-electron chi connectivity index (χ0n) is 11.5. The van der Waals surface area contributed by atoms with Crippen molar-refractivity contribution < 1.29 is 9.18 Å². The molecule has 20 heavy (non-hydrogen) atoms. The number of carbonyl (C=O) groups excluding carboxylic acids is 1. The number of halogens is 1. The van der Waals surface area contributed by atoms with E-state index in [2.05, 4.69) is 17.4 Å². The van der Waals surface area contributed by atoms with Gasteiger partial charge in [0.25, 0.3) is 5.91 Å². The Bertz CT molecular complexity index is 568. The summed E-state index contributed by atoms with van der Waals surface area (Å²) in [6, 6.07) is 16.1. The molecule has 0 heterocycles. The second-order valence-electron chi connectivity index (χ2n) is 4.88. The number of aryl methyl sites for hydroxylation is 1. The maximum absolute atomic E-state index is 13.5. The molecule has 2 aromatic rings. The highest BCUT2D eigenvalue weighted by molar-refractivity contribution is 5.94.